The van der Waals surface area contributed by atoms with Crippen LogP contribution in [0.1, 0.15) is 11.6 Å². The Hall–Kier alpha value is -1.03. The average Bonchev–Trinajstić information content (AvgIpc) is 2.72. The van der Waals surface area contributed by atoms with E-state index < -0.39 is 0 Å². The van der Waals surface area contributed by atoms with Gasteiger partial charge in [-0.1, -0.05) is 30.3 Å². The zero-order valence-electron chi connectivity index (χ0n) is 8.69. The lowest BCUT2D eigenvalue weighted by Gasteiger charge is -2.12. The number of aromatic nitrogens is 2. The summed E-state index contributed by atoms with van der Waals surface area (Å²) >= 11 is 0. The van der Waals surface area contributed by atoms with Crippen molar-refractivity contribution >= 4 is 24.8 Å². The molecule has 2 rings (SSSR count). The van der Waals surface area contributed by atoms with E-state index in [-0.39, 0.29) is 30.9 Å². The molecule has 0 aliphatic carbocycles. The first-order valence-electron chi connectivity index (χ1n) is 4.62. The minimum absolute atomic E-state index is 0. The number of benzene rings is 1. The molecule has 1 aromatic carbocycles. The van der Waals surface area contributed by atoms with Crippen LogP contribution >= 0.6 is 24.8 Å². The van der Waals surface area contributed by atoms with Crippen molar-refractivity contribution in [2.45, 2.75) is 12.6 Å². The first-order valence-corrected chi connectivity index (χ1v) is 4.62. The molecule has 1 unspecified atom stereocenters. The Morgan fingerprint density at radius 3 is 2.44 bits per heavy atom. The predicted octanol–water partition coefficient (Wildman–Crippen LogP) is 2.43. The summed E-state index contributed by atoms with van der Waals surface area (Å²) in [5, 5.41) is 0. The topological polar surface area (TPSA) is 43.8 Å². The van der Waals surface area contributed by atoms with Crippen LogP contribution in [0, 0.1) is 0 Å². The fraction of sp³-hybridized carbons (Fsp3) is 0.182. The van der Waals surface area contributed by atoms with Gasteiger partial charge >= 0.3 is 0 Å². The Morgan fingerprint density at radius 2 is 1.88 bits per heavy atom. The smallest absolute Gasteiger partial charge is 0.0946 e. The van der Waals surface area contributed by atoms with Gasteiger partial charge in [0.1, 0.15) is 0 Å². The molecule has 0 aliphatic heterocycles. The number of nitrogens with zero attached hydrogens (tertiary/aromatic N) is 2. The third-order valence-electron chi connectivity index (χ3n) is 2.19. The van der Waals surface area contributed by atoms with Gasteiger partial charge in [0.25, 0.3) is 0 Å². The van der Waals surface area contributed by atoms with Crippen LogP contribution in [0.4, 0.5) is 0 Å². The lowest BCUT2D eigenvalue weighted by Crippen LogP contribution is -2.16. The molecule has 0 bridgehead atoms. The van der Waals surface area contributed by atoms with Gasteiger partial charge in [0.15, 0.2) is 0 Å². The maximum Gasteiger partial charge on any atom is 0.0946 e. The van der Waals surface area contributed by atoms with E-state index in [1.807, 2.05) is 41.1 Å². The minimum Gasteiger partial charge on any atom is -0.336 e. The molecule has 5 heteroatoms. The van der Waals surface area contributed by atoms with Crippen LogP contribution in [0.5, 0.6) is 0 Å². The van der Waals surface area contributed by atoms with E-state index in [0.29, 0.717) is 0 Å². The zero-order valence-corrected chi connectivity index (χ0v) is 10.3. The first-order chi connectivity index (χ1) is 6.86. The van der Waals surface area contributed by atoms with Gasteiger partial charge in [-0.15, -0.1) is 24.8 Å². The third kappa shape index (κ3) is 3.85. The van der Waals surface area contributed by atoms with E-state index in [1.165, 1.54) is 0 Å². The van der Waals surface area contributed by atoms with Gasteiger partial charge in [0, 0.05) is 25.0 Å². The number of hydrogen-bond acceptors (Lipinski definition) is 2. The molecule has 16 heavy (non-hydrogen) atoms. The van der Waals surface area contributed by atoms with Gasteiger partial charge in [0.2, 0.25) is 0 Å². The molecule has 1 aromatic heterocycles. The predicted molar refractivity (Wildman–Crippen MR) is 70.1 cm³/mol. The second-order valence-corrected chi connectivity index (χ2v) is 3.28. The third-order valence-corrected chi connectivity index (χ3v) is 2.19. The van der Waals surface area contributed by atoms with E-state index in [2.05, 4.69) is 4.98 Å². The summed E-state index contributed by atoms with van der Waals surface area (Å²) in [6, 6.07) is 10.1. The van der Waals surface area contributed by atoms with Crippen LogP contribution in [0.3, 0.4) is 0 Å². The molecule has 88 valence electrons. The van der Waals surface area contributed by atoms with Crippen molar-refractivity contribution in [3.63, 3.8) is 0 Å². The van der Waals surface area contributed by atoms with E-state index >= 15 is 0 Å². The molecule has 0 spiro atoms. The second kappa shape index (κ2) is 7.28. The molecule has 2 aromatic rings. The highest BCUT2D eigenvalue weighted by molar-refractivity contribution is 5.85. The van der Waals surface area contributed by atoms with Crippen molar-refractivity contribution in [3.05, 3.63) is 54.6 Å². The molecule has 1 atom stereocenters. The highest BCUT2D eigenvalue weighted by Gasteiger charge is 2.04. The summed E-state index contributed by atoms with van der Waals surface area (Å²) in [7, 11) is 0. The van der Waals surface area contributed by atoms with Crippen molar-refractivity contribution in [2.75, 3.05) is 0 Å². The van der Waals surface area contributed by atoms with Gasteiger partial charge in [-0.25, -0.2) is 4.98 Å². The second-order valence-electron chi connectivity index (χ2n) is 3.28. The molecule has 1 heterocycles. The summed E-state index contributed by atoms with van der Waals surface area (Å²) in [5.41, 5.74) is 7.19. The minimum atomic E-state index is 0. The summed E-state index contributed by atoms with van der Waals surface area (Å²) in [4.78, 5) is 3.98. The molecule has 0 aliphatic rings. The van der Waals surface area contributed by atoms with Gasteiger partial charge in [-0.2, -0.15) is 0 Å². The van der Waals surface area contributed by atoms with E-state index in [0.717, 1.165) is 12.1 Å². The molecule has 0 saturated heterocycles. The van der Waals surface area contributed by atoms with Crippen LogP contribution < -0.4 is 5.73 Å². The van der Waals surface area contributed by atoms with Crippen LogP contribution in [0.25, 0.3) is 0 Å². The highest BCUT2D eigenvalue weighted by atomic mass is 35.5. The lowest BCUT2D eigenvalue weighted by molar-refractivity contribution is 0.576. The average molecular weight is 260 g/mol. The SMILES string of the molecule is Cl.Cl.NC(Cn1ccnc1)c1ccccc1. The molecular formula is C11H15Cl2N3. The molecule has 0 fully saturated rings. The highest BCUT2D eigenvalue weighted by Crippen LogP contribution is 2.11. The molecule has 3 nitrogen and oxygen atoms in total. The Balaban J connectivity index is 0.00000112. The van der Waals surface area contributed by atoms with Crippen molar-refractivity contribution in [2.24, 2.45) is 5.73 Å². The van der Waals surface area contributed by atoms with Gasteiger partial charge < -0.3 is 10.3 Å². The van der Waals surface area contributed by atoms with Gasteiger partial charge in [-0.05, 0) is 5.56 Å². The zero-order chi connectivity index (χ0) is 9.80. The van der Waals surface area contributed by atoms with Crippen molar-refractivity contribution < 1.29 is 0 Å². The molecule has 0 saturated carbocycles. The van der Waals surface area contributed by atoms with Crippen LogP contribution in [0.2, 0.25) is 0 Å². The Bertz CT molecular complexity index is 375. The molecular weight excluding hydrogens is 245 g/mol. The van der Waals surface area contributed by atoms with Gasteiger partial charge in [0.05, 0.1) is 6.33 Å². The quantitative estimate of drug-likeness (QED) is 0.921. The van der Waals surface area contributed by atoms with E-state index in [1.54, 1.807) is 12.5 Å². The molecule has 2 N–H and O–H groups in total. The maximum atomic E-state index is 6.04. The summed E-state index contributed by atoms with van der Waals surface area (Å²) in [5.74, 6) is 0. The fourth-order valence-electron chi connectivity index (χ4n) is 1.43. The van der Waals surface area contributed by atoms with Crippen LogP contribution in [-0.2, 0) is 6.54 Å². The Labute approximate surface area is 108 Å². The summed E-state index contributed by atoms with van der Waals surface area (Å²) < 4.78 is 1.98. The number of hydrogen-bond donors (Lipinski definition) is 1. The largest absolute Gasteiger partial charge is 0.336 e. The normalized spacial score (nSPS) is 11.1. The Kier molecular flexibility index (Phi) is 6.81. The summed E-state index contributed by atoms with van der Waals surface area (Å²) in [6.07, 6.45) is 5.46. The number of halogens is 2. The standard InChI is InChI=1S/C11H13N3.2ClH/c12-11(8-14-7-6-13-9-14)10-4-2-1-3-5-10;;/h1-7,9,11H,8,12H2;2*1H. The number of imidazole rings is 1. The molecule has 0 radical (unpaired) electrons. The van der Waals surface area contributed by atoms with E-state index in [4.69, 9.17) is 5.73 Å². The Morgan fingerprint density at radius 1 is 1.19 bits per heavy atom. The summed E-state index contributed by atoms with van der Waals surface area (Å²) in [6.45, 7) is 0.768. The van der Waals surface area contributed by atoms with Gasteiger partial charge in [-0.3, -0.25) is 0 Å². The lowest BCUT2D eigenvalue weighted by atomic mass is 10.1. The number of rotatable bonds is 3. The van der Waals surface area contributed by atoms with E-state index in [9.17, 15) is 0 Å². The monoisotopic (exact) mass is 259 g/mol. The van der Waals surface area contributed by atoms with Crippen molar-refractivity contribution in [1.82, 2.24) is 9.55 Å². The van der Waals surface area contributed by atoms with Crippen molar-refractivity contribution in [1.29, 1.82) is 0 Å². The van der Waals surface area contributed by atoms with Crippen LogP contribution in [-0.4, -0.2) is 9.55 Å². The fourth-order valence-corrected chi connectivity index (χ4v) is 1.43. The van der Waals surface area contributed by atoms with Crippen molar-refractivity contribution in [3.8, 4) is 0 Å². The molecule has 0 amide bonds. The maximum absolute atomic E-state index is 6.04. The van der Waals surface area contributed by atoms with Crippen LogP contribution in [0.15, 0.2) is 49.1 Å². The number of nitrogens with two attached hydrogens (primary N) is 1. The first kappa shape index (κ1) is 15.0.